The van der Waals surface area contributed by atoms with Crippen molar-refractivity contribution in [2.75, 3.05) is 7.05 Å². The van der Waals surface area contributed by atoms with E-state index in [-0.39, 0.29) is 0 Å². The Morgan fingerprint density at radius 3 is 2.62 bits per heavy atom. The van der Waals surface area contributed by atoms with Crippen LogP contribution in [-0.2, 0) is 0 Å². The van der Waals surface area contributed by atoms with Gasteiger partial charge >= 0.3 is 0 Å². The Bertz CT molecular complexity index is 281. The molecule has 0 amide bonds. The second-order valence-electron chi connectivity index (χ2n) is 2.74. The van der Waals surface area contributed by atoms with E-state index in [2.05, 4.69) is 4.99 Å². The zero-order chi connectivity index (χ0) is 9.68. The van der Waals surface area contributed by atoms with Gasteiger partial charge in [0.05, 0.1) is 6.10 Å². The van der Waals surface area contributed by atoms with Crippen molar-refractivity contribution in [2.45, 2.75) is 12.5 Å². The molecule has 1 aromatic rings. The molecule has 0 aromatic heterocycles. The minimum Gasteiger partial charge on any atom is -0.388 e. The fraction of sp³-hybridized carbons (Fsp3) is 0.300. The predicted molar refractivity (Wildman–Crippen MR) is 55.4 cm³/mol. The summed E-state index contributed by atoms with van der Waals surface area (Å²) < 4.78 is 0. The van der Waals surface area contributed by atoms with Gasteiger partial charge in [0.1, 0.15) is 0 Å². The molecule has 3 heteroatoms. The zero-order valence-corrected chi connectivity index (χ0v) is 8.20. The summed E-state index contributed by atoms with van der Waals surface area (Å²) in [5, 5.41) is 10.3. The molecular formula is C10H12ClNO. The first-order valence-corrected chi connectivity index (χ1v) is 4.46. The summed E-state index contributed by atoms with van der Waals surface area (Å²) in [6.07, 6.45) is 1.75. The highest BCUT2D eigenvalue weighted by Crippen LogP contribution is 2.17. The van der Waals surface area contributed by atoms with E-state index in [1.807, 2.05) is 12.1 Å². The van der Waals surface area contributed by atoms with Crippen LogP contribution >= 0.6 is 11.6 Å². The highest BCUT2D eigenvalue weighted by molar-refractivity contribution is 6.30. The number of rotatable bonds is 3. The molecule has 0 aliphatic heterocycles. The van der Waals surface area contributed by atoms with Crippen molar-refractivity contribution in [3.05, 3.63) is 34.9 Å². The molecule has 0 fully saturated rings. The first kappa shape index (κ1) is 10.2. The zero-order valence-electron chi connectivity index (χ0n) is 7.44. The smallest absolute Gasteiger partial charge is 0.0839 e. The van der Waals surface area contributed by atoms with Crippen LogP contribution in [0.15, 0.2) is 29.3 Å². The Kier molecular flexibility index (Phi) is 3.93. The fourth-order valence-corrected chi connectivity index (χ4v) is 1.15. The summed E-state index contributed by atoms with van der Waals surface area (Å²) in [4.78, 5) is 3.81. The average molecular weight is 198 g/mol. The standard InChI is InChI=1S/C10H12ClNO/c1-12-7-6-10(13)8-2-4-9(11)5-3-8/h2-5,7,10,13H,6H2,1H3/t10-/m0/s1. The lowest BCUT2D eigenvalue weighted by molar-refractivity contribution is 0.187. The lowest BCUT2D eigenvalue weighted by atomic mass is 10.1. The maximum Gasteiger partial charge on any atom is 0.0839 e. The van der Waals surface area contributed by atoms with Crippen molar-refractivity contribution < 1.29 is 5.11 Å². The summed E-state index contributed by atoms with van der Waals surface area (Å²) in [5.74, 6) is 0. The van der Waals surface area contributed by atoms with E-state index in [1.165, 1.54) is 0 Å². The van der Waals surface area contributed by atoms with Gasteiger partial charge in [-0.1, -0.05) is 23.7 Å². The minimum absolute atomic E-state index is 0.485. The number of aliphatic imine (C=N–C) groups is 1. The summed E-state index contributed by atoms with van der Waals surface area (Å²) >= 11 is 5.71. The molecule has 0 heterocycles. The average Bonchev–Trinajstić information content (AvgIpc) is 2.15. The third kappa shape index (κ3) is 3.17. The summed E-state index contributed by atoms with van der Waals surface area (Å²) in [6, 6.07) is 7.17. The van der Waals surface area contributed by atoms with Gasteiger partial charge in [-0.25, -0.2) is 0 Å². The molecule has 13 heavy (non-hydrogen) atoms. The van der Waals surface area contributed by atoms with E-state index >= 15 is 0 Å². The monoisotopic (exact) mass is 197 g/mol. The second-order valence-corrected chi connectivity index (χ2v) is 3.18. The largest absolute Gasteiger partial charge is 0.388 e. The fourth-order valence-electron chi connectivity index (χ4n) is 1.03. The third-order valence-corrected chi connectivity index (χ3v) is 2.02. The number of halogens is 1. The Morgan fingerprint density at radius 1 is 1.46 bits per heavy atom. The molecule has 70 valence electrons. The van der Waals surface area contributed by atoms with Crippen molar-refractivity contribution >= 4 is 17.8 Å². The van der Waals surface area contributed by atoms with E-state index < -0.39 is 6.10 Å². The minimum atomic E-state index is -0.485. The molecule has 1 N–H and O–H groups in total. The second kappa shape index (κ2) is 5.00. The summed E-state index contributed by atoms with van der Waals surface area (Å²) in [7, 11) is 1.69. The number of aliphatic hydroxyl groups is 1. The summed E-state index contributed by atoms with van der Waals surface area (Å²) in [6.45, 7) is 0. The van der Waals surface area contributed by atoms with Crippen LogP contribution in [0.25, 0.3) is 0 Å². The molecule has 0 unspecified atom stereocenters. The van der Waals surface area contributed by atoms with Crippen LogP contribution in [0.1, 0.15) is 18.1 Å². The van der Waals surface area contributed by atoms with Gasteiger partial charge in [-0.2, -0.15) is 0 Å². The Balaban J connectivity index is 2.66. The van der Waals surface area contributed by atoms with Gasteiger partial charge in [0.15, 0.2) is 0 Å². The molecule has 2 nitrogen and oxygen atoms in total. The van der Waals surface area contributed by atoms with E-state index in [9.17, 15) is 5.11 Å². The number of aliphatic hydroxyl groups excluding tert-OH is 1. The highest BCUT2D eigenvalue weighted by Gasteiger charge is 2.04. The number of hydrogen-bond donors (Lipinski definition) is 1. The topological polar surface area (TPSA) is 32.6 Å². The summed E-state index contributed by atoms with van der Waals surface area (Å²) in [5.41, 5.74) is 0.865. The first-order valence-electron chi connectivity index (χ1n) is 4.08. The van der Waals surface area contributed by atoms with Crippen LogP contribution in [0.5, 0.6) is 0 Å². The Labute approximate surface area is 82.9 Å². The highest BCUT2D eigenvalue weighted by atomic mass is 35.5. The van der Waals surface area contributed by atoms with Gasteiger partial charge in [0.25, 0.3) is 0 Å². The molecular weight excluding hydrogens is 186 g/mol. The SMILES string of the molecule is CN=CC[C@H](O)c1ccc(Cl)cc1. The van der Waals surface area contributed by atoms with E-state index in [0.717, 1.165) is 5.56 Å². The van der Waals surface area contributed by atoms with Gasteiger partial charge in [-0.3, -0.25) is 0 Å². The lowest BCUT2D eigenvalue weighted by Gasteiger charge is -2.07. The normalized spacial score (nSPS) is 13.5. The van der Waals surface area contributed by atoms with E-state index in [4.69, 9.17) is 11.6 Å². The van der Waals surface area contributed by atoms with Gasteiger partial charge in [0.2, 0.25) is 0 Å². The van der Waals surface area contributed by atoms with Crippen molar-refractivity contribution in [3.63, 3.8) is 0 Å². The van der Waals surface area contributed by atoms with E-state index in [1.54, 1.807) is 25.4 Å². The predicted octanol–water partition coefficient (Wildman–Crippen LogP) is 2.46. The van der Waals surface area contributed by atoms with Gasteiger partial charge in [0, 0.05) is 24.7 Å². The molecule has 1 aromatic carbocycles. The van der Waals surface area contributed by atoms with Gasteiger partial charge in [-0.15, -0.1) is 0 Å². The first-order chi connectivity index (χ1) is 6.24. The maximum absolute atomic E-state index is 9.61. The molecule has 0 saturated carbocycles. The van der Waals surface area contributed by atoms with Crippen LogP contribution in [0.4, 0.5) is 0 Å². The van der Waals surface area contributed by atoms with Crippen molar-refractivity contribution in [1.29, 1.82) is 0 Å². The van der Waals surface area contributed by atoms with E-state index in [0.29, 0.717) is 11.4 Å². The molecule has 0 spiro atoms. The van der Waals surface area contributed by atoms with Crippen LogP contribution in [-0.4, -0.2) is 18.4 Å². The lowest BCUT2D eigenvalue weighted by Crippen LogP contribution is -1.97. The van der Waals surface area contributed by atoms with Crippen molar-refractivity contribution in [2.24, 2.45) is 4.99 Å². The number of nitrogens with zero attached hydrogens (tertiary/aromatic N) is 1. The van der Waals surface area contributed by atoms with Crippen molar-refractivity contribution in [3.8, 4) is 0 Å². The van der Waals surface area contributed by atoms with Crippen LogP contribution in [0, 0.1) is 0 Å². The molecule has 1 atom stereocenters. The third-order valence-electron chi connectivity index (χ3n) is 1.77. The quantitative estimate of drug-likeness (QED) is 0.742. The van der Waals surface area contributed by atoms with Gasteiger partial charge < -0.3 is 10.1 Å². The van der Waals surface area contributed by atoms with Crippen molar-refractivity contribution in [1.82, 2.24) is 0 Å². The molecule has 1 rings (SSSR count). The van der Waals surface area contributed by atoms with Gasteiger partial charge in [-0.05, 0) is 17.7 Å². The maximum atomic E-state index is 9.61. The molecule has 0 radical (unpaired) electrons. The molecule has 0 aliphatic carbocycles. The molecule has 0 aliphatic rings. The Morgan fingerprint density at radius 2 is 2.08 bits per heavy atom. The van der Waals surface area contributed by atoms with Crippen LogP contribution < -0.4 is 0 Å². The number of hydrogen-bond acceptors (Lipinski definition) is 2. The number of benzene rings is 1. The van der Waals surface area contributed by atoms with Crippen LogP contribution in [0.3, 0.4) is 0 Å². The molecule has 0 bridgehead atoms. The molecule has 0 saturated heterocycles. The van der Waals surface area contributed by atoms with Crippen LogP contribution in [0.2, 0.25) is 5.02 Å². The Hall–Kier alpha value is -0.860.